The van der Waals surface area contributed by atoms with Crippen molar-refractivity contribution in [2.75, 3.05) is 0 Å². The second kappa shape index (κ2) is 10.3. The average Bonchev–Trinajstić information content (AvgIpc) is 2.99. The van der Waals surface area contributed by atoms with Gasteiger partial charge in [-0.1, -0.05) is 97.1 Å². The molecule has 1 aliphatic heterocycles. The highest BCUT2D eigenvalue weighted by molar-refractivity contribution is 6.00. The van der Waals surface area contributed by atoms with Gasteiger partial charge in [-0.05, 0) is 40.5 Å². The summed E-state index contributed by atoms with van der Waals surface area (Å²) in [5.74, 6) is -1.76. The second-order valence-corrected chi connectivity index (χ2v) is 10.2. The molecule has 4 aromatic rings. The van der Waals surface area contributed by atoms with E-state index in [9.17, 15) is 22.8 Å². The Bertz CT molecular complexity index is 1560. The molecule has 0 radical (unpaired) electrons. The normalized spacial score (nSPS) is 23.7. The third-order valence-corrected chi connectivity index (χ3v) is 8.01. The number of halogens is 3. The van der Waals surface area contributed by atoms with E-state index in [1.54, 1.807) is 0 Å². The first-order valence-corrected chi connectivity index (χ1v) is 13.1. The van der Waals surface area contributed by atoms with Gasteiger partial charge in [-0.15, -0.1) is 0 Å². The quantitative estimate of drug-likeness (QED) is 0.191. The zero-order chi connectivity index (χ0) is 27.9. The summed E-state index contributed by atoms with van der Waals surface area (Å²) < 4.78 is 46.4. The summed E-state index contributed by atoms with van der Waals surface area (Å²) in [6.45, 7) is 0. The molecule has 40 heavy (non-hydrogen) atoms. The minimum atomic E-state index is -4.51. The van der Waals surface area contributed by atoms with Gasteiger partial charge in [0.25, 0.3) is 0 Å². The zero-order valence-corrected chi connectivity index (χ0v) is 21.3. The number of hydrogen-bond donors (Lipinski definition) is 0. The van der Waals surface area contributed by atoms with E-state index in [-0.39, 0.29) is 23.2 Å². The Morgan fingerprint density at radius 2 is 1.35 bits per heavy atom. The molecule has 1 heterocycles. The van der Waals surface area contributed by atoms with Crippen LogP contribution in [0.3, 0.4) is 0 Å². The van der Waals surface area contributed by atoms with Crippen LogP contribution in [0.1, 0.15) is 50.6 Å². The van der Waals surface area contributed by atoms with Gasteiger partial charge in [0.2, 0.25) is 0 Å². The standard InChI is InChI=1S/C34H25F3O3/c35-34(36,37)25-17-15-22(16-18-25)32(39)31-29(21-9-3-1-4-10-21)24(20-38)19-27-30(31)26-13-7-8-14-28(26)40-33(27)23-11-5-2-6-12-23/h1-20,27,29-31,33H/t27-,29-,30-,31+,33-/m0/s1. The number of carbonyl (C=O) groups is 2. The van der Waals surface area contributed by atoms with Crippen LogP contribution in [-0.2, 0) is 11.0 Å². The molecule has 0 fully saturated rings. The van der Waals surface area contributed by atoms with Crippen LogP contribution in [0.4, 0.5) is 13.2 Å². The van der Waals surface area contributed by atoms with Crippen molar-refractivity contribution in [2.45, 2.75) is 24.1 Å². The minimum Gasteiger partial charge on any atom is -0.485 e. The van der Waals surface area contributed by atoms with Gasteiger partial charge in [0, 0.05) is 29.2 Å². The SMILES string of the molecule is O=CC1=C[C@H]2[C@H](c3ccccc3O[C@H]2c2ccccc2)[C@H](C(=O)c2ccc(C(F)(F)F)cc2)[C@H]1c1ccccc1. The summed E-state index contributed by atoms with van der Waals surface area (Å²) in [4.78, 5) is 27.1. The first-order valence-electron chi connectivity index (χ1n) is 13.1. The van der Waals surface area contributed by atoms with Gasteiger partial charge in [-0.25, -0.2) is 0 Å². The molecule has 2 aliphatic rings. The molecule has 200 valence electrons. The molecule has 4 aromatic carbocycles. The van der Waals surface area contributed by atoms with E-state index < -0.39 is 29.7 Å². The highest BCUT2D eigenvalue weighted by atomic mass is 19.4. The van der Waals surface area contributed by atoms with Crippen LogP contribution in [0.2, 0.25) is 0 Å². The zero-order valence-electron chi connectivity index (χ0n) is 21.3. The van der Waals surface area contributed by atoms with E-state index in [1.807, 2.05) is 91.0 Å². The molecule has 0 unspecified atom stereocenters. The van der Waals surface area contributed by atoms with Crippen molar-refractivity contribution in [2.24, 2.45) is 11.8 Å². The van der Waals surface area contributed by atoms with Crippen LogP contribution in [0.25, 0.3) is 0 Å². The van der Waals surface area contributed by atoms with Crippen molar-refractivity contribution in [3.63, 3.8) is 0 Å². The molecule has 0 N–H and O–H groups in total. The maximum Gasteiger partial charge on any atom is 0.416 e. The Labute approximate surface area is 229 Å². The van der Waals surface area contributed by atoms with E-state index in [4.69, 9.17) is 4.74 Å². The topological polar surface area (TPSA) is 43.4 Å². The number of carbonyl (C=O) groups excluding carboxylic acids is 2. The number of ether oxygens (including phenoxy) is 1. The number of alkyl halides is 3. The lowest BCUT2D eigenvalue weighted by Gasteiger charge is -2.47. The van der Waals surface area contributed by atoms with E-state index >= 15 is 0 Å². The van der Waals surface area contributed by atoms with E-state index in [2.05, 4.69) is 0 Å². The van der Waals surface area contributed by atoms with Crippen LogP contribution >= 0.6 is 0 Å². The van der Waals surface area contributed by atoms with Crippen LogP contribution < -0.4 is 4.74 Å². The maximum absolute atomic E-state index is 14.4. The van der Waals surface area contributed by atoms with Gasteiger partial charge in [-0.2, -0.15) is 13.2 Å². The van der Waals surface area contributed by atoms with E-state index in [0.29, 0.717) is 11.3 Å². The molecule has 0 amide bonds. The lowest BCUT2D eigenvalue weighted by molar-refractivity contribution is -0.137. The third kappa shape index (κ3) is 4.53. The molecule has 5 atom stereocenters. The number of Topliss-reactive ketones (excluding diaryl/α,β-unsaturated/α-hetero) is 1. The second-order valence-electron chi connectivity index (χ2n) is 10.2. The molecule has 3 nitrogen and oxygen atoms in total. The summed E-state index contributed by atoms with van der Waals surface area (Å²) in [6.07, 6.45) is -2.25. The Morgan fingerprint density at radius 3 is 1.98 bits per heavy atom. The number of rotatable bonds is 5. The van der Waals surface area contributed by atoms with Gasteiger partial charge >= 0.3 is 6.18 Å². The number of ketones is 1. The van der Waals surface area contributed by atoms with Crippen LogP contribution in [-0.4, -0.2) is 12.1 Å². The summed E-state index contributed by atoms with van der Waals surface area (Å²) in [7, 11) is 0. The fourth-order valence-electron chi connectivity index (χ4n) is 6.27. The lowest BCUT2D eigenvalue weighted by atomic mass is 9.58. The van der Waals surface area contributed by atoms with Crippen LogP contribution in [0, 0.1) is 11.8 Å². The van der Waals surface area contributed by atoms with Crippen molar-refractivity contribution < 1.29 is 27.5 Å². The molecule has 6 heteroatoms. The molecule has 6 rings (SSSR count). The largest absolute Gasteiger partial charge is 0.485 e. The fraction of sp³-hybridized carbons (Fsp3) is 0.176. The Kier molecular flexibility index (Phi) is 6.62. The molecule has 0 saturated heterocycles. The predicted octanol–water partition coefficient (Wildman–Crippen LogP) is 7.96. The van der Waals surface area contributed by atoms with Gasteiger partial charge < -0.3 is 4.74 Å². The Hall–Kier alpha value is -4.45. The van der Waals surface area contributed by atoms with Crippen LogP contribution in [0.15, 0.2) is 121 Å². The number of benzene rings is 4. The maximum atomic E-state index is 14.4. The first-order chi connectivity index (χ1) is 19.4. The molecular formula is C34H25F3O3. The lowest BCUT2D eigenvalue weighted by Crippen LogP contribution is -2.42. The molecule has 0 spiro atoms. The predicted molar refractivity (Wildman–Crippen MR) is 145 cm³/mol. The first kappa shape index (κ1) is 25.8. The van der Waals surface area contributed by atoms with Crippen LogP contribution in [0.5, 0.6) is 5.75 Å². The fourth-order valence-corrected chi connectivity index (χ4v) is 6.27. The summed E-state index contributed by atoms with van der Waals surface area (Å²) in [5.41, 5.74) is 2.36. The minimum absolute atomic E-state index is 0.171. The van der Waals surface area contributed by atoms with Gasteiger partial charge in [0.1, 0.15) is 18.1 Å². The number of fused-ring (bicyclic) bond motifs is 3. The molecule has 1 aliphatic carbocycles. The van der Waals surface area contributed by atoms with Crippen molar-refractivity contribution in [3.8, 4) is 5.75 Å². The Morgan fingerprint density at radius 1 is 0.750 bits per heavy atom. The number of aldehydes is 1. The molecular weight excluding hydrogens is 513 g/mol. The highest BCUT2D eigenvalue weighted by Crippen LogP contribution is 2.57. The number of allylic oxidation sites excluding steroid dienone is 1. The van der Waals surface area contributed by atoms with Crippen molar-refractivity contribution in [1.82, 2.24) is 0 Å². The average molecular weight is 539 g/mol. The van der Waals surface area contributed by atoms with Crippen molar-refractivity contribution in [3.05, 3.63) is 149 Å². The number of hydrogen-bond acceptors (Lipinski definition) is 3. The molecule has 0 bridgehead atoms. The summed E-state index contributed by atoms with van der Waals surface area (Å²) in [5, 5.41) is 0. The van der Waals surface area contributed by atoms with E-state index in [1.165, 1.54) is 12.1 Å². The number of para-hydroxylation sites is 1. The smallest absolute Gasteiger partial charge is 0.416 e. The van der Waals surface area contributed by atoms with Gasteiger partial charge in [-0.3, -0.25) is 9.59 Å². The molecule has 0 saturated carbocycles. The van der Waals surface area contributed by atoms with Gasteiger partial charge in [0.05, 0.1) is 5.56 Å². The van der Waals surface area contributed by atoms with E-state index in [0.717, 1.165) is 35.1 Å². The van der Waals surface area contributed by atoms with Crippen molar-refractivity contribution >= 4 is 12.1 Å². The summed E-state index contributed by atoms with van der Waals surface area (Å²) >= 11 is 0. The molecule has 0 aromatic heterocycles. The van der Waals surface area contributed by atoms with Crippen molar-refractivity contribution in [1.29, 1.82) is 0 Å². The third-order valence-electron chi connectivity index (χ3n) is 8.01. The summed E-state index contributed by atoms with van der Waals surface area (Å²) in [6, 6.07) is 30.9. The monoisotopic (exact) mass is 538 g/mol. The Balaban J connectivity index is 1.56. The highest BCUT2D eigenvalue weighted by Gasteiger charge is 2.51. The van der Waals surface area contributed by atoms with Gasteiger partial charge in [0.15, 0.2) is 5.78 Å².